The zero-order valence-electron chi connectivity index (χ0n) is 21.4. The molecule has 0 spiro atoms. The Bertz CT molecular complexity index is 1460. The normalized spacial score (nSPS) is 13.8. The Morgan fingerprint density at radius 1 is 0.921 bits per heavy atom. The zero-order chi connectivity index (χ0) is 26.5. The third-order valence-electron chi connectivity index (χ3n) is 6.47. The number of piperazine rings is 1. The minimum absolute atomic E-state index is 0.165. The molecule has 0 atom stereocenters. The molecule has 1 fully saturated rings. The van der Waals surface area contributed by atoms with Gasteiger partial charge in [0.05, 0.1) is 17.5 Å². The number of hydrogen-bond donors (Lipinski definition) is 1. The monoisotopic (exact) mass is 511 g/mol. The Hall–Kier alpha value is -4.57. The molecule has 0 unspecified atom stereocenters. The molecule has 194 valence electrons. The summed E-state index contributed by atoms with van der Waals surface area (Å²) >= 11 is 0. The minimum atomic E-state index is -0.182. The fourth-order valence-electron chi connectivity index (χ4n) is 4.17. The van der Waals surface area contributed by atoms with Crippen molar-refractivity contribution in [2.45, 2.75) is 6.42 Å². The molecule has 1 aromatic carbocycles. The molecule has 0 bridgehead atoms. The summed E-state index contributed by atoms with van der Waals surface area (Å²) in [7, 11) is 3.76. The summed E-state index contributed by atoms with van der Waals surface area (Å²) in [5, 5.41) is 2.83. The number of ether oxygens (including phenoxy) is 1. The van der Waals surface area contributed by atoms with E-state index in [0.29, 0.717) is 53.9 Å². The number of rotatable bonds is 6. The smallest absolute Gasteiger partial charge is 0.323 e. The van der Waals surface area contributed by atoms with Crippen LogP contribution < -0.4 is 15.6 Å². The van der Waals surface area contributed by atoms with E-state index in [9.17, 15) is 9.59 Å². The number of nitrogens with zero attached hydrogens (tertiary/aromatic N) is 6. The first kappa shape index (κ1) is 25.1. The fourth-order valence-corrected chi connectivity index (χ4v) is 4.17. The van der Waals surface area contributed by atoms with Crippen molar-refractivity contribution in [3.8, 4) is 22.8 Å². The molecule has 10 nitrogen and oxygen atoms in total. The highest BCUT2D eigenvalue weighted by Crippen LogP contribution is 2.24. The predicted octanol–water partition coefficient (Wildman–Crippen LogP) is 3.40. The van der Waals surface area contributed by atoms with Gasteiger partial charge in [-0.3, -0.25) is 19.7 Å². The van der Waals surface area contributed by atoms with Gasteiger partial charge in [0.1, 0.15) is 23.1 Å². The molecule has 3 aromatic heterocycles. The van der Waals surface area contributed by atoms with Crippen LogP contribution in [0.3, 0.4) is 0 Å². The van der Waals surface area contributed by atoms with Crippen molar-refractivity contribution in [1.29, 1.82) is 0 Å². The Morgan fingerprint density at radius 3 is 2.45 bits per heavy atom. The van der Waals surface area contributed by atoms with Crippen LogP contribution in [0.1, 0.15) is 11.4 Å². The quantitative estimate of drug-likeness (QED) is 0.423. The van der Waals surface area contributed by atoms with Gasteiger partial charge in [-0.05, 0) is 30.8 Å². The molecule has 1 aliphatic heterocycles. The van der Waals surface area contributed by atoms with Gasteiger partial charge in [-0.2, -0.15) is 0 Å². The van der Waals surface area contributed by atoms with Crippen LogP contribution in [0.4, 0.5) is 10.6 Å². The van der Waals surface area contributed by atoms with Crippen molar-refractivity contribution in [1.82, 2.24) is 29.3 Å². The van der Waals surface area contributed by atoms with E-state index in [0.717, 1.165) is 18.7 Å². The first-order chi connectivity index (χ1) is 18.5. The molecule has 10 heteroatoms. The molecule has 4 heterocycles. The molecule has 5 rings (SSSR count). The molecule has 0 aliphatic carbocycles. The van der Waals surface area contributed by atoms with Crippen molar-refractivity contribution in [2.24, 2.45) is 7.05 Å². The number of likely N-dealkylation sites (N-methyl/N-ethyl adjacent to an activating group) is 1. The number of anilines is 1. The highest BCUT2D eigenvalue weighted by Gasteiger charge is 2.19. The summed E-state index contributed by atoms with van der Waals surface area (Å²) in [6.07, 6.45) is 5.26. The van der Waals surface area contributed by atoms with Gasteiger partial charge in [0.25, 0.3) is 5.56 Å². The Balaban J connectivity index is 1.25. The Morgan fingerprint density at radius 2 is 1.71 bits per heavy atom. The van der Waals surface area contributed by atoms with Crippen LogP contribution >= 0.6 is 0 Å². The molecule has 1 aliphatic rings. The third-order valence-corrected chi connectivity index (χ3v) is 6.47. The predicted molar refractivity (Wildman–Crippen MR) is 144 cm³/mol. The number of carbonyl (C=O) groups excluding carboxylic acids is 1. The van der Waals surface area contributed by atoms with Crippen LogP contribution in [-0.2, 0) is 13.5 Å². The van der Waals surface area contributed by atoms with Gasteiger partial charge in [0, 0.05) is 58.1 Å². The van der Waals surface area contributed by atoms with Gasteiger partial charge in [-0.1, -0.05) is 30.3 Å². The van der Waals surface area contributed by atoms with Crippen molar-refractivity contribution < 1.29 is 9.53 Å². The summed E-state index contributed by atoms with van der Waals surface area (Å²) in [5.41, 5.74) is 1.84. The lowest BCUT2D eigenvalue weighted by Crippen LogP contribution is -2.48. The lowest BCUT2D eigenvalue weighted by atomic mass is 10.1. The summed E-state index contributed by atoms with van der Waals surface area (Å²) < 4.78 is 7.48. The maximum absolute atomic E-state index is 13.0. The van der Waals surface area contributed by atoms with Crippen molar-refractivity contribution >= 4 is 11.8 Å². The number of benzene rings is 1. The average molecular weight is 512 g/mol. The van der Waals surface area contributed by atoms with Crippen LogP contribution in [0.5, 0.6) is 11.5 Å². The molecule has 1 saturated heterocycles. The van der Waals surface area contributed by atoms with Crippen molar-refractivity contribution in [3.05, 3.63) is 94.9 Å². The van der Waals surface area contributed by atoms with E-state index in [1.165, 1.54) is 0 Å². The molecule has 4 aromatic rings. The lowest BCUT2D eigenvalue weighted by Gasteiger charge is -2.32. The topological polar surface area (TPSA) is 105 Å². The van der Waals surface area contributed by atoms with Crippen LogP contribution in [-0.4, -0.2) is 68.6 Å². The minimum Gasteiger partial charge on any atom is -0.456 e. The maximum Gasteiger partial charge on any atom is 0.323 e. The van der Waals surface area contributed by atoms with E-state index in [4.69, 9.17) is 4.74 Å². The van der Waals surface area contributed by atoms with E-state index < -0.39 is 0 Å². The molecule has 0 saturated carbocycles. The summed E-state index contributed by atoms with van der Waals surface area (Å²) in [4.78, 5) is 42.7. The number of aromatic nitrogens is 4. The average Bonchev–Trinajstić information content (AvgIpc) is 2.93. The number of pyridine rings is 2. The fraction of sp³-hybridized carbons (Fsp3) is 0.250. The first-order valence-electron chi connectivity index (χ1n) is 12.4. The Kier molecular flexibility index (Phi) is 7.41. The van der Waals surface area contributed by atoms with Crippen molar-refractivity contribution in [2.75, 3.05) is 38.5 Å². The summed E-state index contributed by atoms with van der Waals surface area (Å²) in [6.45, 7) is 3.02. The standard InChI is InChI=1S/C28H29N7O3/c1-33-12-14-35(15-13-33)28(37)32-25-17-21(10-11-29-25)38-22-8-9-24(30-18-22)23-19-31-26(34(2)27(23)36)16-20-6-4-3-5-7-20/h3-11,17-19H,12-16H2,1-2H3,(H,29,32,37). The van der Waals surface area contributed by atoms with E-state index in [1.807, 2.05) is 37.4 Å². The van der Waals surface area contributed by atoms with Crippen LogP contribution in [0.2, 0.25) is 0 Å². The summed E-state index contributed by atoms with van der Waals surface area (Å²) in [5.74, 6) is 2.08. The molecule has 1 N–H and O–H groups in total. The van der Waals surface area contributed by atoms with E-state index in [-0.39, 0.29) is 11.6 Å². The molecule has 0 radical (unpaired) electrons. The van der Waals surface area contributed by atoms with E-state index in [1.54, 1.807) is 59.4 Å². The van der Waals surface area contributed by atoms with Gasteiger partial charge < -0.3 is 14.5 Å². The second-order valence-corrected chi connectivity index (χ2v) is 9.19. The highest BCUT2D eigenvalue weighted by molar-refractivity contribution is 5.88. The van der Waals surface area contributed by atoms with Crippen LogP contribution in [0.15, 0.2) is 78.0 Å². The van der Waals surface area contributed by atoms with Gasteiger partial charge >= 0.3 is 6.03 Å². The van der Waals surface area contributed by atoms with E-state index in [2.05, 4.69) is 25.2 Å². The molecular formula is C28H29N7O3. The highest BCUT2D eigenvalue weighted by atomic mass is 16.5. The number of amides is 2. The molecule has 38 heavy (non-hydrogen) atoms. The second-order valence-electron chi connectivity index (χ2n) is 9.19. The van der Waals surface area contributed by atoms with Crippen LogP contribution in [0, 0.1) is 0 Å². The summed E-state index contributed by atoms with van der Waals surface area (Å²) in [6, 6.07) is 16.5. The van der Waals surface area contributed by atoms with Crippen LogP contribution in [0.25, 0.3) is 11.3 Å². The van der Waals surface area contributed by atoms with Crippen molar-refractivity contribution in [3.63, 3.8) is 0 Å². The number of urea groups is 1. The second kappa shape index (κ2) is 11.2. The van der Waals surface area contributed by atoms with Gasteiger partial charge in [0.2, 0.25) is 0 Å². The maximum atomic E-state index is 13.0. The zero-order valence-corrected chi connectivity index (χ0v) is 21.4. The number of hydrogen-bond acceptors (Lipinski definition) is 7. The Labute approximate surface area is 220 Å². The SMILES string of the molecule is CN1CCN(C(=O)Nc2cc(Oc3ccc(-c4cnc(Cc5ccccc5)n(C)c4=O)nc3)ccn2)CC1. The molecule has 2 amide bonds. The largest absolute Gasteiger partial charge is 0.456 e. The van der Waals surface area contributed by atoms with Gasteiger partial charge in [0.15, 0.2) is 0 Å². The first-order valence-corrected chi connectivity index (χ1v) is 12.4. The number of carbonyl (C=O) groups is 1. The lowest BCUT2D eigenvalue weighted by molar-refractivity contribution is 0.164. The third kappa shape index (κ3) is 5.87. The number of nitrogens with one attached hydrogen (secondary N) is 1. The van der Waals surface area contributed by atoms with E-state index >= 15 is 0 Å². The van der Waals surface area contributed by atoms with Gasteiger partial charge in [-0.25, -0.2) is 14.8 Å². The molecular weight excluding hydrogens is 482 g/mol. The van der Waals surface area contributed by atoms with Gasteiger partial charge in [-0.15, -0.1) is 0 Å².